The Balaban J connectivity index is 1.37. The monoisotopic (exact) mass is 612 g/mol. The van der Waals surface area contributed by atoms with Crippen molar-refractivity contribution in [2.45, 2.75) is 38.1 Å². The maximum absolute atomic E-state index is 12.8. The van der Waals surface area contributed by atoms with Crippen LogP contribution in [0, 0.1) is 0 Å². The van der Waals surface area contributed by atoms with Crippen molar-refractivity contribution in [3.63, 3.8) is 0 Å². The number of benzene rings is 1. The van der Waals surface area contributed by atoms with Gasteiger partial charge < -0.3 is 35.1 Å². The van der Waals surface area contributed by atoms with E-state index in [0.29, 0.717) is 74.0 Å². The second-order valence-corrected chi connectivity index (χ2v) is 12.2. The number of primary amides is 1. The van der Waals surface area contributed by atoms with E-state index in [2.05, 4.69) is 15.1 Å². The molecule has 5 rings (SSSR count). The lowest BCUT2D eigenvalue weighted by Gasteiger charge is -2.37. The van der Waals surface area contributed by atoms with Gasteiger partial charge in [-0.2, -0.15) is 0 Å². The first-order valence-electron chi connectivity index (χ1n) is 14.3. The fraction of sp³-hybridized carbons (Fsp3) is 0.517. The standard InChI is InChI=1S/C29H40N8O5S/c1-29(2,3)42-28(39)36-10-8-35(9-11-36)20-6-7-21(22(16-20)40-4)32-25-23(24(30)38)26-31-19(17-34-12-14-41-15-13-34)18-37(26)27(33-25)43-5/h6-7,16,18,32H,8-15,17H2,1-5H3,(H2,30,38). The topological polar surface area (TPSA) is 140 Å². The van der Waals surface area contributed by atoms with E-state index in [0.717, 1.165) is 24.5 Å². The van der Waals surface area contributed by atoms with Crippen LogP contribution in [0.1, 0.15) is 36.8 Å². The average Bonchev–Trinajstić information content (AvgIpc) is 3.39. The van der Waals surface area contributed by atoms with Crippen LogP contribution in [-0.4, -0.2) is 108 Å². The van der Waals surface area contributed by atoms with Crippen molar-refractivity contribution >= 4 is 46.6 Å². The van der Waals surface area contributed by atoms with Gasteiger partial charge in [0.2, 0.25) is 0 Å². The second-order valence-electron chi connectivity index (χ2n) is 11.5. The summed E-state index contributed by atoms with van der Waals surface area (Å²) in [7, 11) is 1.59. The van der Waals surface area contributed by atoms with Gasteiger partial charge in [-0.3, -0.25) is 14.1 Å². The van der Waals surface area contributed by atoms with E-state index in [-0.39, 0.29) is 11.7 Å². The van der Waals surface area contributed by atoms with E-state index in [4.69, 9.17) is 29.9 Å². The number of nitrogens with one attached hydrogen (secondary N) is 1. The van der Waals surface area contributed by atoms with Crippen LogP contribution in [-0.2, 0) is 16.0 Å². The number of imidazole rings is 1. The predicted octanol–water partition coefficient (Wildman–Crippen LogP) is 3.19. The number of thioether (sulfide) groups is 1. The first-order valence-corrected chi connectivity index (χ1v) is 15.5. The fourth-order valence-electron chi connectivity index (χ4n) is 5.17. The van der Waals surface area contributed by atoms with E-state index in [1.54, 1.807) is 12.0 Å². The zero-order chi connectivity index (χ0) is 30.7. The van der Waals surface area contributed by atoms with Gasteiger partial charge in [0.15, 0.2) is 10.8 Å². The molecule has 2 amide bonds. The molecule has 0 spiro atoms. The first-order chi connectivity index (χ1) is 20.6. The summed E-state index contributed by atoms with van der Waals surface area (Å²) in [5.41, 5.74) is 8.44. The van der Waals surface area contributed by atoms with Crippen LogP contribution in [0.5, 0.6) is 5.75 Å². The van der Waals surface area contributed by atoms with Gasteiger partial charge in [0.1, 0.15) is 22.7 Å². The molecule has 1 aromatic carbocycles. The summed E-state index contributed by atoms with van der Waals surface area (Å²) in [6.45, 7) is 11.7. The number of piperazine rings is 1. The van der Waals surface area contributed by atoms with Crippen LogP contribution in [0.15, 0.2) is 29.6 Å². The van der Waals surface area contributed by atoms with E-state index in [9.17, 15) is 9.59 Å². The van der Waals surface area contributed by atoms with Gasteiger partial charge in [0.05, 0.1) is 31.7 Å². The van der Waals surface area contributed by atoms with Crippen molar-refractivity contribution in [2.75, 3.05) is 76.1 Å². The Bertz CT molecular complexity index is 1480. The fourth-order valence-corrected chi connectivity index (χ4v) is 5.69. The summed E-state index contributed by atoms with van der Waals surface area (Å²) in [4.78, 5) is 41.0. The Kier molecular flexibility index (Phi) is 9.18. The van der Waals surface area contributed by atoms with Gasteiger partial charge in [0, 0.05) is 63.8 Å². The third-order valence-corrected chi connectivity index (χ3v) is 7.94. The summed E-state index contributed by atoms with van der Waals surface area (Å²) in [6.07, 6.45) is 3.54. The van der Waals surface area contributed by atoms with Crippen LogP contribution in [0.3, 0.4) is 0 Å². The lowest BCUT2D eigenvalue weighted by atomic mass is 10.2. The molecule has 2 aliphatic heterocycles. The normalized spacial score (nSPS) is 16.4. The van der Waals surface area contributed by atoms with E-state index < -0.39 is 11.5 Å². The smallest absolute Gasteiger partial charge is 0.410 e. The molecule has 0 unspecified atom stereocenters. The van der Waals surface area contributed by atoms with Crippen LogP contribution in [0.4, 0.5) is 22.0 Å². The van der Waals surface area contributed by atoms with Crippen molar-refractivity contribution in [3.05, 3.63) is 35.7 Å². The van der Waals surface area contributed by atoms with Gasteiger partial charge in [-0.05, 0) is 39.2 Å². The Morgan fingerprint density at radius 1 is 1.09 bits per heavy atom. The molecule has 3 N–H and O–H groups in total. The van der Waals surface area contributed by atoms with Crippen molar-refractivity contribution < 1.29 is 23.8 Å². The molecule has 0 bridgehead atoms. The molecule has 13 nitrogen and oxygen atoms in total. The first kappa shape index (κ1) is 30.7. The Labute approximate surface area is 255 Å². The zero-order valence-corrected chi connectivity index (χ0v) is 26.2. The highest BCUT2D eigenvalue weighted by molar-refractivity contribution is 7.98. The maximum atomic E-state index is 12.8. The lowest BCUT2D eigenvalue weighted by Crippen LogP contribution is -2.50. The van der Waals surface area contributed by atoms with Crippen molar-refractivity contribution in [1.29, 1.82) is 0 Å². The number of methoxy groups -OCH3 is 1. The Hall–Kier alpha value is -3.75. The quantitative estimate of drug-likeness (QED) is 0.286. The van der Waals surface area contributed by atoms with Gasteiger partial charge in [0.25, 0.3) is 5.91 Å². The molecule has 232 valence electrons. The number of morpholine rings is 1. The van der Waals surface area contributed by atoms with E-state index >= 15 is 0 Å². The summed E-state index contributed by atoms with van der Waals surface area (Å²) < 4.78 is 18.5. The molecule has 0 radical (unpaired) electrons. The van der Waals surface area contributed by atoms with Gasteiger partial charge in [-0.15, -0.1) is 0 Å². The average molecular weight is 613 g/mol. The predicted molar refractivity (Wildman–Crippen MR) is 166 cm³/mol. The molecule has 43 heavy (non-hydrogen) atoms. The number of aromatic nitrogens is 3. The molecular formula is C29H40N8O5S. The largest absolute Gasteiger partial charge is 0.494 e. The third-order valence-electron chi connectivity index (χ3n) is 7.28. The minimum atomic E-state index is -0.630. The van der Waals surface area contributed by atoms with Crippen LogP contribution in [0.2, 0.25) is 0 Å². The molecule has 0 atom stereocenters. The third kappa shape index (κ3) is 7.08. The number of carbonyl (C=O) groups excluding carboxylic acids is 2. The van der Waals surface area contributed by atoms with Gasteiger partial charge in [-0.25, -0.2) is 14.8 Å². The molecule has 0 aliphatic carbocycles. The van der Waals surface area contributed by atoms with E-state index in [1.807, 2.05) is 55.8 Å². The number of hydrogen-bond donors (Lipinski definition) is 2. The molecule has 2 aliphatic rings. The molecule has 2 saturated heterocycles. The summed E-state index contributed by atoms with van der Waals surface area (Å²) >= 11 is 1.45. The molecule has 2 aromatic heterocycles. The summed E-state index contributed by atoms with van der Waals surface area (Å²) in [5, 5.41) is 3.95. The summed E-state index contributed by atoms with van der Waals surface area (Å²) in [6, 6.07) is 5.79. The highest BCUT2D eigenvalue weighted by Crippen LogP contribution is 2.34. The molecule has 4 heterocycles. The molecule has 2 fully saturated rings. The lowest BCUT2D eigenvalue weighted by molar-refractivity contribution is 0.0240. The van der Waals surface area contributed by atoms with E-state index in [1.165, 1.54) is 11.8 Å². The van der Waals surface area contributed by atoms with Crippen LogP contribution >= 0.6 is 11.8 Å². The number of carbonyl (C=O) groups is 2. The van der Waals surface area contributed by atoms with Gasteiger partial charge >= 0.3 is 6.09 Å². The number of hydrogen-bond acceptors (Lipinski definition) is 11. The van der Waals surface area contributed by atoms with Gasteiger partial charge in [-0.1, -0.05) is 11.8 Å². The Morgan fingerprint density at radius 2 is 1.81 bits per heavy atom. The van der Waals surface area contributed by atoms with Crippen molar-refractivity contribution in [3.8, 4) is 5.75 Å². The minimum Gasteiger partial charge on any atom is -0.494 e. The zero-order valence-electron chi connectivity index (χ0n) is 25.4. The minimum absolute atomic E-state index is 0.204. The summed E-state index contributed by atoms with van der Waals surface area (Å²) in [5.74, 6) is 0.255. The highest BCUT2D eigenvalue weighted by atomic mass is 32.2. The molecule has 0 saturated carbocycles. The molecule has 14 heteroatoms. The Morgan fingerprint density at radius 3 is 2.44 bits per heavy atom. The number of ether oxygens (including phenoxy) is 3. The van der Waals surface area contributed by atoms with Crippen molar-refractivity contribution in [1.82, 2.24) is 24.2 Å². The van der Waals surface area contributed by atoms with Crippen LogP contribution in [0.25, 0.3) is 5.65 Å². The number of nitrogens with two attached hydrogens (primary N) is 1. The second kappa shape index (κ2) is 12.9. The number of rotatable bonds is 8. The number of nitrogens with zero attached hydrogens (tertiary/aromatic N) is 6. The van der Waals surface area contributed by atoms with Crippen LogP contribution < -0.4 is 20.7 Å². The number of anilines is 3. The molecular weight excluding hydrogens is 572 g/mol. The number of fused-ring (bicyclic) bond motifs is 1. The SMILES string of the molecule is COc1cc(N2CCN(C(=O)OC(C)(C)C)CC2)ccc1Nc1nc(SC)n2cc(CN3CCOCC3)nc2c1C(N)=O. The highest BCUT2D eigenvalue weighted by Gasteiger charge is 2.27. The number of amides is 2. The molecule has 3 aromatic rings. The van der Waals surface area contributed by atoms with Crippen molar-refractivity contribution in [2.24, 2.45) is 5.73 Å². The maximum Gasteiger partial charge on any atom is 0.410 e.